The van der Waals surface area contributed by atoms with Crippen LogP contribution in [-0.4, -0.2) is 25.0 Å². The molecule has 0 saturated carbocycles. The van der Waals surface area contributed by atoms with Crippen LogP contribution < -0.4 is 10.6 Å². The van der Waals surface area contributed by atoms with Gasteiger partial charge in [0.15, 0.2) is 0 Å². The van der Waals surface area contributed by atoms with Crippen LogP contribution >= 0.6 is 0 Å². The highest BCUT2D eigenvalue weighted by Gasteiger charge is 2.22. The fourth-order valence-corrected chi connectivity index (χ4v) is 1.61. The maximum atomic E-state index is 11.4. The second-order valence-electron chi connectivity index (χ2n) is 4.20. The van der Waals surface area contributed by atoms with E-state index in [4.69, 9.17) is 0 Å². The van der Waals surface area contributed by atoms with E-state index in [1.54, 1.807) is 0 Å². The minimum absolute atomic E-state index is 0.0943. The summed E-state index contributed by atoms with van der Waals surface area (Å²) < 4.78 is 0. The van der Waals surface area contributed by atoms with Crippen molar-refractivity contribution in [2.24, 2.45) is 11.8 Å². The number of carbonyl (C=O) groups excluding carboxylic acids is 1. The number of hydrogen-bond donors (Lipinski definition) is 2. The molecule has 76 valence electrons. The van der Waals surface area contributed by atoms with Crippen molar-refractivity contribution in [1.29, 1.82) is 0 Å². The van der Waals surface area contributed by atoms with Gasteiger partial charge in [-0.15, -0.1) is 0 Å². The lowest BCUT2D eigenvalue weighted by Crippen LogP contribution is -2.40. The number of carbonyl (C=O) groups is 1. The van der Waals surface area contributed by atoms with Gasteiger partial charge in [-0.3, -0.25) is 4.79 Å². The molecule has 0 aromatic carbocycles. The normalized spacial score (nSPS) is 24.8. The van der Waals surface area contributed by atoms with Gasteiger partial charge in [-0.05, 0) is 32.4 Å². The zero-order valence-electron chi connectivity index (χ0n) is 8.76. The van der Waals surface area contributed by atoms with Crippen molar-refractivity contribution in [2.75, 3.05) is 13.1 Å². The molecule has 0 radical (unpaired) electrons. The van der Waals surface area contributed by atoms with Crippen molar-refractivity contribution in [2.45, 2.75) is 33.2 Å². The molecule has 3 nitrogen and oxygen atoms in total. The predicted molar refractivity (Wildman–Crippen MR) is 53.4 cm³/mol. The Balaban J connectivity index is 2.31. The van der Waals surface area contributed by atoms with Gasteiger partial charge >= 0.3 is 0 Å². The maximum absolute atomic E-state index is 11.4. The molecule has 0 aromatic heterocycles. The van der Waals surface area contributed by atoms with E-state index >= 15 is 0 Å². The van der Waals surface area contributed by atoms with Crippen molar-refractivity contribution in [3.63, 3.8) is 0 Å². The van der Waals surface area contributed by atoms with E-state index in [-0.39, 0.29) is 11.8 Å². The third-order valence-corrected chi connectivity index (χ3v) is 2.70. The van der Waals surface area contributed by atoms with E-state index in [1.807, 2.05) is 13.8 Å². The number of nitrogens with one attached hydrogen (secondary N) is 2. The summed E-state index contributed by atoms with van der Waals surface area (Å²) in [5, 5.41) is 6.35. The Kier molecular flexibility index (Phi) is 3.72. The molecule has 0 aromatic rings. The van der Waals surface area contributed by atoms with Gasteiger partial charge in [0.25, 0.3) is 0 Å². The standard InChI is InChI=1S/C10H20N2O/c1-7(2)10(13)12-8(3)9-4-5-11-6-9/h7-9,11H,4-6H2,1-3H3,(H,12,13). The Morgan fingerprint density at radius 1 is 1.46 bits per heavy atom. The Bertz CT molecular complexity index is 174. The lowest BCUT2D eigenvalue weighted by Gasteiger charge is -2.20. The van der Waals surface area contributed by atoms with E-state index in [9.17, 15) is 4.79 Å². The molecular formula is C10H20N2O. The SMILES string of the molecule is CC(C)C(=O)NC(C)C1CCNC1. The Morgan fingerprint density at radius 3 is 2.62 bits per heavy atom. The first-order chi connectivity index (χ1) is 6.11. The van der Waals surface area contributed by atoms with Crippen molar-refractivity contribution in [1.82, 2.24) is 10.6 Å². The smallest absolute Gasteiger partial charge is 0.222 e. The van der Waals surface area contributed by atoms with Crippen LogP contribution in [0.15, 0.2) is 0 Å². The molecule has 2 N–H and O–H groups in total. The third kappa shape index (κ3) is 2.99. The molecule has 1 aliphatic rings. The molecule has 1 saturated heterocycles. The highest BCUT2D eigenvalue weighted by molar-refractivity contribution is 5.78. The average Bonchev–Trinajstić information content (AvgIpc) is 2.55. The summed E-state index contributed by atoms with van der Waals surface area (Å²) in [4.78, 5) is 11.4. The summed E-state index contributed by atoms with van der Waals surface area (Å²) in [5.41, 5.74) is 0. The van der Waals surface area contributed by atoms with Crippen LogP contribution in [0, 0.1) is 11.8 Å². The highest BCUT2D eigenvalue weighted by Crippen LogP contribution is 2.12. The molecule has 1 heterocycles. The molecule has 1 fully saturated rings. The topological polar surface area (TPSA) is 41.1 Å². The Labute approximate surface area is 80.3 Å². The van der Waals surface area contributed by atoms with E-state index in [0.717, 1.165) is 13.1 Å². The number of hydrogen-bond acceptors (Lipinski definition) is 2. The van der Waals surface area contributed by atoms with Gasteiger partial charge in [0.1, 0.15) is 0 Å². The zero-order chi connectivity index (χ0) is 9.84. The predicted octanol–water partition coefficient (Wildman–Crippen LogP) is 0.757. The summed E-state index contributed by atoms with van der Waals surface area (Å²) in [6.45, 7) is 8.08. The minimum atomic E-state index is 0.0943. The molecule has 1 amide bonds. The number of amides is 1. The molecule has 2 atom stereocenters. The van der Waals surface area contributed by atoms with E-state index in [1.165, 1.54) is 6.42 Å². The van der Waals surface area contributed by atoms with Crippen molar-refractivity contribution in [3.05, 3.63) is 0 Å². The van der Waals surface area contributed by atoms with E-state index < -0.39 is 0 Å². The molecule has 3 heteroatoms. The zero-order valence-corrected chi connectivity index (χ0v) is 8.76. The summed E-state index contributed by atoms with van der Waals surface area (Å²) in [7, 11) is 0. The maximum Gasteiger partial charge on any atom is 0.222 e. The van der Waals surface area contributed by atoms with Crippen LogP contribution in [0.5, 0.6) is 0 Å². The van der Waals surface area contributed by atoms with Crippen LogP contribution in [0.4, 0.5) is 0 Å². The lowest BCUT2D eigenvalue weighted by atomic mass is 10.00. The fraction of sp³-hybridized carbons (Fsp3) is 0.900. The first-order valence-electron chi connectivity index (χ1n) is 5.12. The summed E-state index contributed by atoms with van der Waals surface area (Å²) in [5.74, 6) is 0.874. The van der Waals surface area contributed by atoms with Crippen molar-refractivity contribution in [3.8, 4) is 0 Å². The van der Waals surface area contributed by atoms with Crippen LogP contribution in [0.2, 0.25) is 0 Å². The van der Waals surface area contributed by atoms with Crippen LogP contribution in [0.3, 0.4) is 0 Å². The molecule has 2 unspecified atom stereocenters. The Hall–Kier alpha value is -0.570. The van der Waals surface area contributed by atoms with Gasteiger partial charge in [0.2, 0.25) is 5.91 Å². The van der Waals surface area contributed by atoms with Gasteiger partial charge in [-0.25, -0.2) is 0 Å². The summed E-state index contributed by atoms with van der Waals surface area (Å²) >= 11 is 0. The van der Waals surface area contributed by atoms with Gasteiger partial charge in [0.05, 0.1) is 0 Å². The first-order valence-corrected chi connectivity index (χ1v) is 5.12. The number of rotatable bonds is 3. The largest absolute Gasteiger partial charge is 0.353 e. The van der Waals surface area contributed by atoms with Gasteiger partial charge < -0.3 is 10.6 Å². The minimum Gasteiger partial charge on any atom is -0.353 e. The Morgan fingerprint density at radius 2 is 2.15 bits per heavy atom. The van der Waals surface area contributed by atoms with E-state index in [2.05, 4.69) is 17.6 Å². The van der Waals surface area contributed by atoms with Crippen LogP contribution in [0.25, 0.3) is 0 Å². The first kappa shape index (κ1) is 10.5. The lowest BCUT2D eigenvalue weighted by molar-refractivity contribution is -0.124. The second kappa shape index (κ2) is 4.61. The second-order valence-corrected chi connectivity index (χ2v) is 4.20. The highest BCUT2D eigenvalue weighted by atomic mass is 16.1. The molecule has 0 bridgehead atoms. The monoisotopic (exact) mass is 184 g/mol. The van der Waals surface area contributed by atoms with Gasteiger partial charge in [-0.2, -0.15) is 0 Å². The summed E-state index contributed by atoms with van der Waals surface area (Å²) in [6, 6.07) is 0.310. The van der Waals surface area contributed by atoms with Crippen LogP contribution in [-0.2, 0) is 4.79 Å². The molecule has 1 rings (SSSR count). The molecule has 1 aliphatic heterocycles. The molecular weight excluding hydrogens is 164 g/mol. The molecule has 0 aliphatic carbocycles. The van der Waals surface area contributed by atoms with Crippen molar-refractivity contribution < 1.29 is 4.79 Å². The van der Waals surface area contributed by atoms with Crippen LogP contribution in [0.1, 0.15) is 27.2 Å². The summed E-state index contributed by atoms with van der Waals surface area (Å²) in [6.07, 6.45) is 1.18. The fourth-order valence-electron chi connectivity index (χ4n) is 1.61. The molecule has 13 heavy (non-hydrogen) atoms. The third-order valence-electron chi connectivity index (χ3n) is 2.70. The quantitative estimate of drug-likeness (QED) is 0.680. The van der Waals surface area contributed by atoms with Crippen molar-refractivity contribution >= 4 is 5.91 Å². The average molecular weight is 184 g/mol. The van der Waals surface area contributed by atoms with E-state index in [0.29, 0.717) is 12.0 Å². The van der Waals surface area contributed by atoms with Gasteiger partial charge in [0, 0.05) is 12.0 Å². The molecule has 0 spiro atoms. The van der Waals surface area contributed by atoms with Gasteiger partial charge in [-0.1, -0.05) is 13.8 Å².